The van der Waals surface area contributed by atoms with Crippen molar-refractivity contribution in [2.45, 2.75) is 26.7 Å². The molecule has 0 aliphatic rings. The minimum atomic E-state index is 0.534. The molecule has 0 bridgehead atoms. The molecule has 0 saturated carbocycles. The molecule has 0 atom stereocenters. The molecule has 0 N–H and O–H groups in total. The van der Waals surface area contributed by atoms with E-state index in [-0.39, 0.29) is 0 Å². The van der Waals surface area contributed by atoms with Gasteiger partial charge in [0.15, 0.2) is 5.89 Å². The topological polar surface area (TPSA) is 35.3 Å². The van der Waals surface area contributed by atoms with Gasteiger partial charge in [-0.3, -0.25) is 0 Å². The van der Waals surface area contributed by atoms with Gasteiger partial charge in [0.1, 0.15) is 5.69 Å². The first kappa shape index (κ1) is 10.4. The van der Waals surface area contributed by atoms with Gasteiger partial charge in [0.25, 0.3) is 0 Å². The molecule has 1 heterocycles. The second-order valence-electron chi connectivity index (χ2n) is 2.71. The Morgan fingerprint density at radius 2 is 2.31 bits per heavy atom. The SMILES string of the molecule is CCOc1oc(CCCCl)nc1C. The smallest absolute Gasteiger partial charge is 0.308 e. The van der Waals surface area contributed by atoms with Crippen LogP contribution in [0.1, 0.15) is 24.9 Å². The summed E-state index contributed by atoms with van der Waals surface area (Å²) < 4.78 is 10.6. The van der Waals surface area contributed by atoms with Crippen LogP contribution in [0.5, 0.6) is 5.95 Å². The second-order valence-corrected chi connectivity index (χ2v) is 3.08. The lowest BCUT2D eigenvalue weighted by atomic mass is 10.3. The number of aromatic nitrogens is 1. The van der Waals surface area contributed by atoms with Crippen LogP contribution in [0.3, 0.4) is 0 Å². The van der Waals surface area contributed by atoms with Crippen LogP contribution in [-0.4, -0.2) is 17.5 Å². The lowest BCUT2D eigenvalue weighted by Gasteiger charge is -1.96. The van der Waals surface area contributed by atoms with Gasteiger partial charge in [0.2, 0.25) is 0 Å². The van der Waals surface area contributed by atoms with E-state index in [1.165, 1.54) is 0 Å². The van der Waals surface area contributed by atoms with Crippen LogP contribution in [0.2, 0.25) is 0 Å². The number of hydrogen-bond donors (Lipinski definition) is 0. The van der Waals surface area contributed by atoms with E-state index in [1.807, 2.05) is 13.8 Å². The number of alkyl halides is 1. The Morgan fingerprint density at radius 3 is 2.92 bits per heavy atom. The van der Waals surface area contributed by atoms with Gasteiger partial charge in [-0.25, -0.2) is 4.98 Å². The van der Waals surface area contributed by atoms with Crippen LogP contribution in [0.4, 0.5) is 0 Å². The molecule has 1 aromatic heterocycles. The van der Waals surface area contributed by atoms with Crippen LogP contribution in [-0.2, 0) is 6.42 Å². The fourth-order valence-corrected chi connectivity index (χ4v) is 1.16. The lowest BCUT2D eigenvalue weighted by molar-refractivity contribution is 0.248. The van der Waals surface area contributed by atoms with E-state index in [0.29, 0.717) is 24.3 Å². The van der Waals surface area contributed by atoms with E-state index >= 15 is 0 Å². The van der Waals surface area contributed by atoms with Crippen LogP contribution in [0, 0.1) is 6.92 Å². The Morgan fingerprint density at radius 1 is 1.54 bits per heavy atom. The minimum Gasteiger partial charge on any atom is -0.464 e. The Balaban J connectivity index is 2.59. The van der Waals surface area contributed by atoms with Crippen molar-refractivity contribution < 1.29 is 9.15 Å². The molecule has 4 heteroatoms. The van der Waals surface area contributed by atoms with Gasteiger partial charge in [0, 0.05) is 12.3 Å². The number of nitrogens with zero attached hydrogens (tertiary/aromatic N) is 1. The van der Waals surface area contributed by atoms with Crippen molar-refractivity contribution in [3.05, 3.63) is 11.6 Å². The van der Waals surface area contributed by atoms with Crippen molar-refractivity contribution in [3.8, 4) is 5.95 Å². The highest BCUT2D eigenvalue weighted by Crippen LogP contribution is 2.19. The Labute approximate surface area is 83.1 Å². The third-order valence-electron chi connectivity index (χ3n) is 1.60. The number of aryl methyl sites for hydroxylation is 2. The van der Waals surface area contributed by atoms with E-state index in [4.69, 9.17) is 20.8 Å². The normalized spacial score (nSPS) is 10.4. The van der Waals surface area contributed by atoms with Crippen LogP contribution in [0.25, 0.3) is 0 Å². The maximum absolute atomic E-state index is 5.56. The maximum atomic E-state index is 5.56. The van der Waals surface area contributed by atoms with Gasteiger partial charge in [-0.2, -0.15) is 0 Å². The lowest BCUT2D eigenvalue weighted by Crippen LogP contribution is -1.90. The van der Waals surface area contributed by atoms with E-state index in [9.17, 15) is 0 Å². The maximum Gasteiger partial charge on any atom is 0.308 e. The standard InChI is InChI=1S/C9H14ClNO2/c1-3-12-9-7(2)11-8(13-9)5-4-6-10/h3-6H2,1-2H3. The summed E-state index contributed by atoms with van der Waals surface area (Å²) in [5, 5.41) is 0. The summed E-state index contributed by atoms with van der Waals surface area (Å²) in [7, 11) is 0. The molecule has 0 aliphatic carbocycles. The third kappa shape index (κ3) is 2.92. The van der Waals surface area contributed by atoms with E-state index < -0.39 is 0 Å². The average molecular weight is 204 g/mol. The van der Waals surface area contributed by atoms with Gasteiger partial charge >= 0.3 is 5.95 Å². The van der Waals surface area contributed by atoms with E-state index in [2.05, 4.69) is 4.98 Å². The second kappa shape index (κ2) is 5.12. The number of rotatable bonds is 5. The zero-order valence-corrected chi connectivity index (χ0v) is 8.73. The Hall–Kier alpha value is -0.700. The summed E-state index contributed by atoms with van der Waals surface area (Å²) >= 11 is 5.56. The highest BCUT2D eigenvalue weighted by atomic mass is 35.5. The molecule has 3 nitrogen and oxygen atoms in total. The highest BCUT2D eigenvalue weighted by Gasteiger charge is 2.09. The molecule has 0 amide bonds. The average Bonchev–Trinajstić information content (AvgIpc) is 2.45. The molecule has 0 spiro atoms. The van der Waals surface area contributed by atoms with Crippen LogP contribution < -0.4 is 4.74 Å². The van der Waals surface area contributed by atoms with Crippen molar-refractivity contribution >= 4 is 11.6 Å². The van der Waals surface area contributed by atoms with Gasteiger partial charge in [-0.05, 0) is 20.3 Å². The van der Waals surface area contributed by atoms with E-state index in [0.717, 1.165) is 18.5 Å². The molecule has 0 fully saturated rings. The predicted octanol–water partition coefficient (Wildman–Crippen LogP) is 2.55. The fraction of sp³-hybridized carbons (Fsp3) is 0.667. The van der Waals surface area contributed by atoms with E-state index in [1.54, 1.807) is 0 Å². The van der Waals surface area contributed by atoms with Crippen molar-refractivity contribution in [2.75, 3.05) is 12.5 Å². The molecule has 1 aromatic rings. The molecule has 0 aliphatic heterocycles. The first-order chi connectivity index (χ1) is 6.27. The molecule has 0 saturated heterocycles. The van der Waals surface area contributed by atoms with Crippen molar-refractivity contribution in [1.29, 1.82) is 0 Å². The summed E-state index contributed by atoms with van der Waals surface area (Å²) in [5.41, 5.74) is 0.812. The van der Waals surface area contributed by atoms with Gasteiger partial charge < -0.3 is 9.15 Å². The molecule has 0 unspecified atom stereocenters. The van der Waals surface area contributed by atoms with Crippen LogP contribution in [0.15, 0.2) is 4.42 Å². The molecular weight excluding hydrogens is 190 g/mol. The van der Waals surface area contributed by atoms with Crippen molar-refractivity contribution in [3.63, 3.8) is 0 Å². The molecule has 13 heavy (non-hydrogen) atoms. The zero-order chi connectivity index (χ0) is 9.68. The zero-order valence-electron chi connectivity index (χ0n) is 7.97. The van der Waals surface area contributed by atoms with Crippen molar-refractivity contribution in [2.24, 2.45) is 0 Å². The summed E-state index contributed by atoms with van der Waals surface area (Å²) in [6.07, 6.45) is 1.66. The van der Waals surface area contributed by atoms with Gasteiger partial charge in [-0.15, -0.1) is 11.6 Å². The summed E-state index contributed by atoms with van der Waals surface area (Å²) in [4.78, 5) is 4.22. The Kier molecular flexibility index (Phi) is 4.09. The quantitative estimate of drug-likeness (QED) is 0.690. The first-order valence-electron chi connectivity index (χ1n) is 4.43. The summed E-state index contributed by atoms with van der Waals surface area (Å²) in [6, 6.07) is 0. The minimum absolute atomic E-state index is 0.534. The molecule has 0 radical (unpaired) electrons. The predicted molar refractivity (Wildman–Crippen MR) is 51.5 cm³/mol. The van der Waals surface area contributed by atoms with Gasteiger partial charge in [0.05, 0.1) is 6.61 Å². The molecule has 1 rings (SSSR count). The first-order valence-corrected chi connectivity index (χ1v) is 4.96. The number of ether oxygens (including phenoxy) is 1. The molecule has 74 valence electrons. The summed E-state index contributed by atoms with van der Waals surface area (Å²) in [6.45, 7) is 4.39. The number of halogens is 1. The molecule has 0 aromatic carbocycles. The monoisotopic (exact) mass is 203 g/mol. The Bertz CT molecular complexity index is 260. The highest BCUT2D eigenvalue weighted by molar-refractivity contribution is 6.17. The number of oxazole rings is 1. The van der Waals surface area contributed by atoms with Gasteiger partial charge in [-0.1, -0.05) is 0 Å². The molecular formula is C9H14ClNO2. The fourth-order valence-electron chi connectivity index (χ4n) is 1.03. The van der Waals surface area contributed by atoms with Crippen LogP contribution >= 0.6 is 11.6 Å². The summed E-state index contributed by atoms with van der Waals surface area (Å²) in [5.74, 6) is 1.87. The number of hydrogen-bond acceptors (Lipinski definition) is 3. The largest absolute Gasteiger partial charge is 0.464 e. The van der Waals surface area contributed by atoms with Crippen molar-refractivity contribution in [1.82, 2.24) is 4.98 Å². The third-order valence-corrected chi connectivity index (χ3v) is 1.87.